The molecule has 0 aliphatic carbocycles. The summed E-state index contributed by atoms with van der Waals surface area (Å²) in [6.45, 7) is 5.76. The molecule has 0 aromatic carbocycles. The molecule has 1 aliphatic rings. The van der Waals surface area contributed by atoms with E-state index in [1.54, 1.807) is 11.3 Å². The molecular weight excluding hydrogens is 310 g/mol. The number of carbonyl (C=O) groups excluding carboxylic acids is 1. The number of thioether (sulfide) groups is 1. The van der Waals surface area contributed by atoms with E-state index in [9.17, 15) is 14.7 Å². The van der Waals surface area contributed by atoms with E-state index < -0.39 is 12.0 Å². The highest BCUT2D eigenvalue weighted by atomic mass is 32.2. The molecule has 1 aromatic heterocycles. The van der Waals surface area contributed by atoms with Crippen LogP contribution in [0.4, 0.5) is 4.79 Å². The number of hydrogen-bond donors (Lipinski definition) is 2. The Kier molecular flexibility index (Phi) is 5.10. The van der Waals surface area contributed by atoms with Gasteiger partial charge in [0.15, 0.2) is 0 Å². The third-order valence-electron chi connectivity index (χ3n) is 3.37. The predicted molar refractivity (Wildman–Crippen MR) is 83.6 cm³/mol. The molecular formula is C13H19N3O3S2. The standard InChI is InChI=1S/C13H19N3O3S2/c1-4-9-5-14-11(21-9)7(2)15-13(19)16-8(3)20-6-10(16)12(17)18/h5,7-8,10H,4,6H2,1-3H3,(H,15,19)(H,17,18). The number of rotatable bonds is 4. The lowest BCUT2D eigenvalue weighted by atomic mass is 10.3. The van der Waals surface area contributed by atoms with Crippen molar-refractivity contribution < 1.29 is 14.7 Å². The van der Waals surface area contributed by atoms with Crippen molar-refractivity contribution in [2.75, 3.05) is 5.75 Å². The molecule has 8 heteroatoms. The molecule has 2 amide bonds. The van der Waals surface area contributed by atoms with E-state index in [1.807, 2.05) is 20.0 Å². The van der Waals surface area contributed by atoms with Gasteiger partial charge in [0.05, 0.1) is 11.4 Å². The van der Waals surface area contributed by atoms with Crippen molar-refractivity contribution >= 4 is 35.1 Å². The zero-order valence-electron chi connectivity index (χ0n) is 12.2. The SMILES string of the molecule is CCc1cnc(C(C)NC(=O)N2C(C)SCC2C(=O)O)s1. The second-order valence-electron chi connectivity index (χ2n) is 4.88. The first-order chi connectivity index (χ1) is 9.93. The average molecular weight is 329 g/mol. The van der Waals surface area contributed by atoms with Crippen LogP contribution in [0, 0.1) is 0 Å². The first kappa shape index (κ1) is 16.1. The van der Waals surface area contributed by atoms with Gasteiger partial charge in [0.2, 0.25) is 0 Å². The fraction of sp³-hybridized carbons (Fsp3) is 0.615. The van der Waals surface area contributed by atoms with Crippen LogP contribution >= 0.6 is 23.1 Å². The van der Waals surface area contributed by atoms with E-state index in [2.05, 4.69) is 17.2 Å². The molecule has 2 rings (SSSR count). The van der Waals surface area contributed by atoms with Gasteiger partial charge in [-0.05, 0) is 20.3 Å². The van der Waals surface area contributed by atoms with E-state index >= 15 is 0 Å². The van der Waals surface area contributed by atoms with Crippen LogP contribution in [0.1, 0.15) is 36.7 Å². The van der Waals surface area contributed by atoms with Crippen LogP contribution in [0.2, 0.25) is 0 Å². The molecule has 116 valence electrons. The third kappa shape index (κ3) is 3.49. The lowest BCUT2D eigenvalue weighted by Gasteiger charge is -2.26. The highest BCUT2D eigenvalue weighted by Gasteiger charge is 2.39. The summed E-state index contributed by atoms with van der Waals surface area (Å²) >= 11 is 3.04. The second kappa shape index (κ2) is 6.65. The predicted octanol–water partition coefficient (Wildman–Crippen LogP) is 2.32. The molecule has 21 heavy (non-hydrogen) atoms. The molecule has 2 heterocycles. The van der Waals surface area contributed by atoms with Gasteiger partial charge in [0.25, 0.3) is 0 Å². The van der Waals surface area contributed by atoms with Crippen molar-refractivity contribution in [1.29, 1.82) is 0 Å². The van der Waals surface area contributed by atoms with E-state index in [-0.39, 0.29) is 17.4 Å². The van der Waals surface area contributed by atoms with E-state index in [0.29, 0.717) is 5.75 Å². The number of aliphatic carboxylic acids is 1. The Morgan fingerprint density at radius 2 is 2.33 bits per heavy atom. The highest BCUT2D eigenvalue weighted by molar-refractivity contribution is 8.00. The molecule has 0 radical (unpaired) electrons. The first-order valence-electron chi connectivity index (χ1n) is 6.81. The van der Waals surface area contributed by atoms with Crippen molar-refractivity contribution in [3.8, 4) is 0 Å². The number of urea groups is 1. The molecule has 0 bridgehead atoms. The van der Waals surface area contributed by atoms with Crippen LogP contribution in [-0.2, 0) is 11.2 Å². The summed E-state index contributed by atoms with van der Waals surface area (Å²) in [4.78, 5) is 30.4. The topological polar surface area (TPSA) is 82.5 Å². The summed E-state index contributed by atoms with van der Waals surface area (Å²) < 4.78 is 0. The lowest BCUT2D eigenvalue weighted by Crippen LogP contribution is -2.49. The molecule has 1 fully saturated rings. The Labute approximate surface area is 131 Å². The monoisotopic (exact) mass is 329 g/mol. The van der Waals surface area contributed by atoms with Gasteiger partial charge in [-0.1, -0.05) is 6.92 Å². The Morgan fingerprint density at radius 3 is 2.90 bits per heavy atom. The Bertz CT molecular complexity index is 534. The Balaban J connectivity index is 2.04. The molecule has 0 spiro atoms. The van der Waals surface area contributed by atoms with Gasteiger partial charge in [-0.15, -0.1) is 23.1 Å². The summed E-state index contributed by atoms with van der Waals surface area (Å²) in [6.07, 6.45) is 2.73. The number of aromatic nitrogens is 1. The maximum absolute atomic E-state index is 12.3. The summed E-state index contributed by atoms with van der Waals surface area (Å²) in [7, 11) is 0. The molecule has 1 saturated heterocycles. The van der Waals surface area contributed by atoms with Gasteiger partial charge in [0.1, 0.15) is 11.0 Å². The van der Waals surface area contributed by atoms with Crippen molar-refractivity contribution in [2.24, 2.45) is 0 Å². The Hall–Kier alpha value is -1.28. The maximum atomic E-state index is 12.3. The lowest BCUT2D eigenvalue weighted by molar-refractivity contribution is -0.141. The van der Waals surface area contributed by atoms with Gasteiger partial charge in [0, 0.05) is 16.8 Å². The van der Waals surface area contributed by atoms with Gasteiger partial charge in [-0.2, -0.15) is 0 Å². The van der Waals surface area contributed by atoms with Gasteiger partial charge >= 0.3 is 12.0 Å². The normalized spacial score (nSPS) is 23.1. The third-order valence-corrected chi connectivity index (χ3v) is 5.91. The number of nitrogens with zero attached hydrogens (tertiary/aromatic N) is 2. The minimum Gasteiger partial charge on any atom is -0.480 e. The van der Waals surface area contributed by atoms with Crippen LogP contribution in [0.5, 0.6) is 0 Å². The van der Waals surface area contributed by atoms with Crippen LogP contribution in [0.15, 0.2) is 6.20 Å². The van der Waals surface area contributed by atoms with Gasteiger partial charge in [-0.3, -0.25) is 4.90 Å². The molecule has 3 unspecified atom stereocenters. The molecule has 0 saturated carbocycles. The minimum atomic E-state index is -0.961. The largest absolute Gasteiger partial charge is 0.480 e. The zero-order valence-corrected chi connectivity index (χ0v) is 13.8. The summed E-state index contributed by atoms with van der Waals surface area (Å²) in [5.74, 6) is -0.535. The number of carbonyl (C=O) groups is 2. The number of hydrogen-bond acceptors (Lipinski definition) is 5. The van der Waals surface area contributed by atoms with Crippen LogP contribution in [0.3, 0.4) is 0 Å². The van der Waals surface area contributed by atoms with Gasteiger partial charge < -0.3 is 10.4 Å². The number of nitrogens with one attached hydrogen (secondary N) is 1. The smallest absolute Gasteiger partial charge is 0.327 e. The summed E-state index contributed by atoms with van der Waals surface area (Å²) in [5.41, 5.74) is 0. The molecule has 3 atom stereocenters. The van der Waals surface area contributed by atoms with Crippen LogP contribution in [-0.4, -0.2) is 44.2 Å². The molecule has 2 N–H and O–H groups in total. The number of carboxylic acid groups (broad SMARTS) is 1. The number of carboxylic acids is 1. The van der Waals surface area contributed by atoms with Crippen molar-refractivity contribution in [3.63, 3.8) is 0 Å². The average Bonchev–Trinajstić information content (AvgIpc) is 3.04. The summed E-state index contributed by atoms with van der Waals surface area (Å²) in [6, 6.07) is -1.34. The van der Waals surface area contributed by atoms with Crippen molar-refractivity contribution in [1.82, 2.24) is 15.2 Å². The number of aryl methyl sites for hydroxylation is 1. The van der Waals surface area contributed by atoms with Crippen LogP contribution < -0.4 is 5.32 Å². The van der Waals surface area contributed by atoms with Gasteiger partial charge in [-0.25, -0.2) is 14.6 Å². The van der Waals surface area contributed by atoms with E-state index in [1.165, 1.54) is 21.5 Å². The van der Waals surface area contributed by atoms with Crippen molar-refractivity contribution in [3.05, 3.63) is 16.1 Å². The highest BCUT2D eigenvalue weighted by Crippen LogP contribution is 2.29. The number of thiazole rings is 1. The fourth-order valence-corrected chi connectivity index (χ4v) is 4.18. The Morgan fingerprint density at radius 1 is 1.62 bits per heavy atom. The van der Waals surface area contributed by atoms with Crippen LogP contribution in [0.25, 0.3) is 0 Å². The maximum Gasteiger partial charge on any atom is 0.327 e. The fourth-order valence-electron chi connectivity index (χ4n) is 2.15. The minimum absolute atomic E-state index is 0.138. The molecule has 6 nitrogen and oxygen atoms in total. The molecule has 1 aliphatic heterocycles. The second-order valence-corrected chi connectivity index (χ2v) is 7.38. The first-order valence-corrected chi connectivity index (χ1v) is 8.68. The van der Waals surface area contributed by atoms with Crippen molar-refractivity contribution in [2.45, 2.75) is 44.6 Å². The molecule has 1 aromatic rings. The zero-order chi connectivity index (χ0) is 15.6. The van der Waals surface area contributed by atoms with E-state index in [4.69, 9.17) is 0 Å². The summed E-state index contributed by atoms with van der Waals surface area (Å²) in [5, 5.41) is 12.7. The quantitative estimate of drug-likeness (QED) is 0.886. The van der Waals surface area contributed by atoms with E-state index in [0.717, 1.165) is 11.4 Å². The number of amides is 2.